The molecule has 2 rings (SSSR count). The maximum absolute atomic E-state index is 13.2. The van der Waals surface area contributed by atoms with Crippen molar-refractivity contribution >= 4 is 33.2 Å². The van der Waals surface area contributed by atoms with Gasteiger partial charge in [0, 0.05) is 25.5 Å². The standard InChI is InChI=1S/C11H10BrFN2O4/c12-8-2-7(13)3-9(15(18)19)11(8)14-4-6(5-16)1-10(14)17/h2-3,6,16H,1,4-5H2. The number of aliphatic hydroxyl groups excluding tert-OH is 1. The van der Waals surface area contributed by atoms with E-state index in [9.17, 15) is 19.3 Å². The van der Waals surface area contributed by atoms with Crippen LogP contribution < -0.4 is 4.90 Å². The highest BCUT2D eigenvalue weighted by Crippen LogP contribution is 2.39. The van der Waals surface area contributed by atoms with Crippen molar-refractivity contribution in [3.8, 4) is 0 Å². The first-order chi connectivity index (χ1) is 8.93. The van der Waals surface area contributed by atoms with Crippen LogP contribution in [0, 0.1) is 21.8 Å². The maximum Gasteiger partial charge on any atom is 0.297 e. The van der Waals surface area contributed by atoms with Gasteiger partial charge in [-0.25, -0.2) is 4.39 Å². The molecule has 1 fully saturated rings. The average molecular weight is 333 g/mol. The minimum atomic E-state index is -0.757. The van der Waals surface area contributed by atoms with E-state index >= 15 is 0 Å². The molecule has 1 unspecified atom stereocenters. The van der Waals surface area contributed by atoms with Gasteiger partial charge < -0.3 is 10.0 Å². The first kappa shape index (κ1) is 13.9. The lowest BCUT2D eigenvalue weighted by atomic mass is 10.1. The number of carbonyl (C=O) groups excluding carboxylic acids is 1. The monoisotopic (exact) mass is 332 g/mol. The first-order valence-electron chi connectivity index (χ1n) is 5.48. The van der Waals surface area contributed by atoms with E-state index in [-0.39, 0.29) is 41.6 Å². The van der Waals surface area contributed by atoms with Gasteiger partial charge >= 0.3 is 0 Å². The smallest absolute Gasteiger partial charge is 0.297 e. The average Bonchev–Trinajstić information content (AvgIpc) is 2.69. The fourth-order valence-electron chi connectivity index (χ4n) is 2.08. The summed E-state index contributed by atoms with van der Waals surface area (Å²) in [5, 5.41) is 20.0. The molecular weight excluding hydrogens is 323 g/mol. The topological polar surface area (TPSA) is 83.7 Å². The summed E-state index contributed by atoms with van der Waals surface area (Å²) in [6, 6.07) is 1.85. The van der Waals surface area contributed by atoms with Crippen molar-refractivity contribution in [1.29, 1.82) is 0 Å². The zero-order chi connectivity index (χ0) is 14.2. The van der Waals surface area contributed by atoms with Crippen molar-refractivity contribution in [3.63, 3.8) is 0 Å². The van der Waals surface area contributed by atoms with Crippen molar-refractivity contribution in [2.24, 2.45) is 5.92 Å². The minimum Gasteiger partial charge on any atom is -0.396 e. The minimum absolute atomic E-state index is 0.0346. The molecular formula is C11H10BrFN2O4. The summed E-state index contributed by atoms with van der Waals surface area (Å²) in [4.78, 5) is 23.3. The molecule has 1 aromatic rings. The molecule has 0 aromatic heterocycles. The van der Waals surface area contributed by atoms with E-state index < -0.39 is 16.4 Å². The normalized spacial score (nSPS) is 19.0. The SMILES string of the molecule is O=C1CC(CO)CN1c1c(Br)cc(F)cc1[N+](=O)[O-]. The quantitative estimate of drug-likeness (QED) is 0.676. The molecule has 1 aliphatic heterocycles. The van der Waals surface area contributed by atoms with Gasteiger partial charge in [0.25, 0.3) is 5.69 Å². The Morgan fingerprint density at radius 1 is 1.58 bits per heavy atom. The summed E-state index contributed by atoms with van der Waals surface area (Å²) in [6.07, 6.45) is 0.122. The molecule has 0 bridgehead atoms. The van der Waals surface area contributed by atoms with Crippen LogP contribution in [0.1, 0.15) is 6.42 Å². The summed E-state index contributed by atoms with van der Waals surface area (Å²) in [5.41, 5.74) is -0.439. The fraction of sp³-hybridized carbons (Fsp3) is 0.364. The van der Waals surface area contributed by atoms with E-state index in [4.69, 9.17) is 5.11 Å². The van der Waals surface area contributed by atoms with Gasteiger partial charge in [-0.2, -0.15) is 0 Å². The molecule has 8 heteroatoms. The molecule has 1 saturated heterocycles. The number of halogens is 2. The summed E-state index contributed by atoms with van der Waals surface area (Å²) in [5.74, 6) is -1.34. The van der Waals surface area contributed by atoms with Crippen LogP contribution in [0.3, 0.4) is 0 Å². The van der Waals surface area contributed by atoms with Crippen LogP contribution in [-0.2, 0) is 4.79 Å². The summed E-state index contributed by atoms with van der Waals surface area (Å²) in [7, 11) is 0. The Morgan fingerprint density at radius 3 is 2.79 bits per heavy atom. The Balaban J connectivity index is 2.50. The molecule has 1 N–H and O–H groups in total. The number of nitro benzene ring substituents is 1. The summed E-state index contributed by atoms with van der Waals surface area (Å²) < 4.78 is 13.4. The van der Waals surface area contributed by atoms with Crippen LogP contribution >= 0.6 is 15.9 Å². The van der Waals surface area contributed by atoms with E-state index in [1.807, 2.05) is 0 Å². The maximum atomic E-state index is 13.2. The summed E-state index contributed by atoms with van der Waals surface area (Å²) in [6.45, 7) is 0.00918. The Kier molecular flexibility index (Phi) is 3.81. The Hall–Kier alpha value is -1.54. The van der Waals surface area contributed by atoms with E-state index in [1.165, 1.54) is 4.90 Å². The van der Waals surface area contributed by atoms with Crippen molar-refractivity contribution in [1.82, 2.24) is 0 Å². The molecule has 19 heavy (non-hydrogen) atoms. The van der Waals surface area contributed by atoms with Gasteiger partial charge in [-0.05, 0) is 22.0 Å². The molecule has 1 heterocycles. The zero-order valence-electron chi connectivity index (χ0n) is 9.68. The number of nitrogens with zero attached hydrogens (tertiary/aromatic N) is 2. The second kappa shape index (κ2) is 5.22. The third-order valence-corrected chi connectivity index (χ3v) is 3.54. The van der Waals surface area contributed by atoms with E-state index in [0.29, 0.717) is 0 Å². The molecule has 6 nitrogen and oxygen atoms in total. The van der Waals surface area contributed by atoms with E-state index in [2.05, 4.69) is 15.9 Å². The molecule has 0 radical (unpaired) electrons. The van der Waals surface area contributed by atoms with E-state index in [0.717, 1.165) is 12.1 Å². The molecule has 0 spiro atoms. The number of hydrogen-bond acceptors (Lipinski definition) is 4. The highest BCUT2D eigenvalue weighted by Gasteiger charge is 2.35. The van der Waals surface area contributed by atoms with Crippen LogP contribution in [0.4, 0.5) is 15.8 Å². The van der Waals surface area contributed by atoms with Crippen LogP contribution in [0.5, 0.6) is 0 Å². The highest BCUT2D eigenvalue weighted by atomic mass is 79.9. The second-order valence-corrected chi connectivity index (χ2v) is 5.12. The number of carbonyl (C=O) groups is 1. The largest absolute Gasteiger partial charge is 0.396 e. The van der Waals surface area contributed by atoms with Gasteiger partial charge in [0.1, 0.15) is 11.5 Å². The van der Waals surface area contributed by atoms with Gasteiger partial charge in [-0.3, -0.25) is 14.9 Å². The lowest BCUT2D eigenvalue weighted by Crippen LogP contribution is -2.26. The van der Waals surface area contributed by atoms with E-state index in [1.54, 1.807) is 0 Å². The Bertz CT molecular complexity index is 552. The molecule has 1 amide bonds. The van der Waals surface area contributed by atoms with Crippen molar-refractivity contribution in [2.75, 3.05) is 18.1 Å². The van der Waals surface area contributed by atoms with Crippen molar-refractivity contribution in [3.05, 3.63) is 32.5 Å². The van der Waals surface area contributed by atoms with Crippen LogP contribution in [0.15, 0.2) is 16.6 Å². The van der Waals surface area contributed by atoms with Crippen LogP contribution in [-0.4, -0.2) is 29.1 Å². The molecule has 0 saturated carbocycles. The lowest BCUT2D eigenvalue weighted by Gasteiger charge is -2.18. The number of hydrogen-bond donors (Lipinski definition) is 1. The summed E-state index contributed by atoms with van der Waals surface area (Å²) >= 11 is 3.04. The first-order valence-corrected chi connectivity index (χ1v) is 6.28. The number of rotatable bonds is 3. The van der Waals surface area contributed by atoms with Crippen LogP contribution in [0.25, 0.3) is 0 Å². The molecule has 1 atom stereocenters. The molecule has 1 aliphatic rings. The number of anilines is 1. The van der Waals surface area contributed by atoms with Crippen molar-refractivity contribution < 1.29 is 19.2 Å². The van der Waals surface area contributed by atoms with Gasteiger partial charge in [0.15, 0.2) is 0 Å². The number of nitro groups is 1. The Morgan fingerprint density at radius 2 is 2.26 bits per heavy atom. The third-order valence-electron chi connectivity index (χ3n) is 2.94. The van der Waals surface area contributed by atoms with Crippen molar-refractivity contribution in [2.45, 2.75) is 6.42 Å². The molecule has 1 aromatic carbocycles. The van der Waals surface area contributed by atoms with Gasteiger partial charge in [-0.15, -0.1) is 0 Å². The Labute approximate surface area is 116 Å². The third kappa shape index (κ3) is 2.59. The predicted molar refractivity (Wildman–Crippen MR) is 68.3 cm³/mol. The highest BCUT2D eigenvalue weighted by molar-refractivity contribution is 9.10. The number of amides is 1. The second-order valence-electron chi connectivity index (χ2n) is 4.27. The van der Waals surface area contributed by atoms with Gasteiger partial charge in [0.2, 0.25) is 5.91 Å². The number of aliphatic hydroxyl groups is 1. The molecule has 0 aliphatic carbocycles. The predicted octanol–water partition coefficient (Wildman–Crippen LogP) is 1.84. The number of benzene rings is 1. The fourth-order valence-corrected chi connectivity index (χ4v) is 2.71. The van der Waals surface area contributed by atoms with Gasteiger partial charge in [0.05, 0.1) is 15.5 Å². The van der Waals surface area contributed by atoms with Gasteiger partial charge in [-0.1, -0.05) is 0 Å². The molecule has 102 valence electrons. The van der Waals surface area contributed by atoms with Crippen LogP contribution in [0.2, 0.25) is 0 Å². The lowest BCUT2D eigenvalue weighted by molar-refractivity contribution is -0.384. The zero-order valence-corrected chi connectivity index (χ0v) is 11.3.